The first-order chi connectivity index (χ1) is 41.0. The summed E-state index contributed by atoms with van der Waals surface area (Å²) in [6.07, 6.45) is 94.7. The molecule has 480 valence electrons. The minimum Gasteiger partial charge on any atom is -0.462 e. The van der Waals surface area contributed by atoms with Crippen LogP contribution in [-0.4, -0.2) is 37.2 Å². The van der Waals surface area contributed by atoms with Gasteiger partial charge in [-0.2, -0.15) is 0 Å². The molecule has 0 saturated heterocycles. The van der Waals surface area contributed by atoms with Crippen LogP contribution in [0.15, 0.2) is 85.1 Å². The van der Waals surface area contributed by atoms with E-state index in [0.717, 1.165) is 103 Å². The van der Waals surface area contributed by atoms with Crippen LogP contribution in [0, 0.1) is 0 Å². The summed E-state index contributed by atoms with van der Waals surface area (Å²) in [6.45, 7) is 6.63. The molecule has 0 heterocycles. The van der Waals surface area contributed by atoms with Crippen molar-refractivity contribution in [3.63, 3.8) is 0 Å². The van der Waals surface area contributed by atoms with Gasteiger partial charge in [0.05, 0.1) is 0 Å². The van der Waals surface area contributed by atoms with E-state index in [0.29, 0.717) is 19.3 Å². The maximum Gasteiger partial charge on any atom is 0.306 e. The van der Waals surface area contributed by atoms with Crippen molar-refractivity contribution in [2.45, 2.75) is 374 Å². The first kappa shape index (κ1) is 79.6. The van der Waals surface area contributed by atoms with E-state index in [9.17, 15) is 14.4 Å². The fourth-order valence-corrected chi connectivity index (χ4v) is 10.4. The maximum atomic E-state index is 12.9. The minimum absolute atomic E-state index is 0.0821. The van der Waals surface area contributed by atoms with Gasteiger partial charge in [0, 0.05) is 19.3 Å². The highest BCUT2D eigenvalue weighted by molar-refractivity contribution is 5.71. The van der Waals surface area contributed by atoms with Gasteiger partial charge in [-0.3, -0.25) is 14.4 Å². The summed E-state index contributed by atoms with van der Waals surface area (Å²) in [5.41, 5.74) is 0. The summed E-state index contributed by atoms with van der Waals surface area (Å²) < 4.78 is 17.0. The van der Waals surface area contributed by atoms with Crippen molar-refractivity contribution < 1.29 is 28.6 Å². The number of rotatable bonds is 66. The number of esters is 3. The molecule has 0 amide bonds. The van der Waals surface area contributed by atoms with Gasteiger partial charge in [0.15, 0.2) is 6.10 Å². The van der Waals surface area contributed by atoms with Crippen molar-refractivity contribution in [3.8, 4) is 0 Å². The Labute approximate surface area is 515 Å². The normalized spacial score (nSPS) is 12.6. The predicted octanol–water partition coefficient (Wildman–Crippen LogP) is 25.0. The maximum absolute atomic E-state index is 12.9. The average Bonchev–Trinajstić information content (AvgIpc) is 3.49. The minimum atomic E-state index is -0.788. The van der Waals surface area contributed by atoms with Crippen LogP contribution >= 0.6 is 0 Å². The zero-order valence-electron chi connectivity index (χ0n) is 55.2. The first-order valence-electron chi connectivity index (χ1n) is 36.1. The highest BCUT2D eigenvalue weighted by Gasteiger charge is 2.19. The Morgan fingerprint density at radius 1 is 0.241 bits per heavy atom. The summed E-state index contributed by atoms with van der Waals surface area (Å²) in [4.78, 5) is 38.4. The number of unbranched alkanes of at least 4 members (excludes halogenated alkanes) is 41. The lowest BCUT2D eigenvalue weighted by molar-refractivity contribution is -0.167. The third-order valence-corrected chi connectivity index (χ3v) is 15.8. The van der Waals surface area contributed by atoms with Crippen molar-refractivity contribution in [2.24, 2.45) is 0 Å². The molecule has 0 N–H and O–H groups in total. The molecule has 0 saturated carbocycles. The van der Waals surface area contributed by atoms with Gasteiger partial charge >= 0.3 is 17.9 Å². The summed E-state index contributed by atoms with van der Waals surface area (Å²) in [5, 5.41) is 0. The molecule has 83 heavy (non-hydrogen) atoms. The lowest BCUT2D eigenvalue weighted by atomic mass is 10.0. The van der Waals surface area contributed by atoms with Crippen LogP contribution in [0.4, 0.5) is 0 Å². The van der Waals surface area contributed by atoms with E-state index in [1.807, 2.05) is 0 Å². The number of ether oxygens (including phenoxy) is 3. The summed E-state index contributed by atoms with van der Waals surface area (Å²) in [7, 11) is 0. The fourth-order valence-electron chi connectivity index (χ4n) is 10.4. The summed E-state index contributed by atoms with van der Waals surface area (Å²) >= 11 is 0. The Bertz CT molecular complexity index is 1570. The molecule has 1 atom stereocenters. The molecule has 6 heteroatoms. The Morgan fingerprint density at radius 2 is 0.434 bits per heavy atom. The topological polar surface area (TPSA) is 78.9 Å². The zero-order valence-corrected chi connectivity index (χ0v) is 55.2. The van der Waals surface area contributed by atoms with Gasteiger partial charge in [-0.15, -0.1) is 0 Å². The van der Waals surface area contributed by atoms with Crippen molar-refractivity contribution in [1.29, 1.82) is 0 Å². The van der Waals surface area contributed by atoms with Crippen LogP contribution in [-0.2, 0) is 28.6 Å². The SMILES string of the molecule is CCCCCC/C=C\CCCCCCCC(=O)OCC(COC(=O)CCCCCCCCCCCCCCCCCC/C=C\C/C=C\C/C=C\CCCCCCC)OC(=O)CCCCCCCC/C=C\C/C=C\C/C=C\CCCCCCC. The van der Waals surface area contributed by atoms with Gasteiger partial charge < -0.3 is 14.2 Å². The molecule has 0 radical (unpaired) electrons. The lowest BCUT2D eigenvalue weighted by Gasteiger charge is -2.18. The van der Waals surface area contributed by atoms with Crippen LogP contribution in [0.5, 0.6) is 0 Å². The third kappa shape index (κ3) is 69.3. The molecule has 0 aromatic carbocycles. The number of carbonyl (C=O) groups excluding carboxylic acids is 3. The average molecular weight is 1160 g/mol. The van der Waals surface area contributed by atoms with Gasteiger partial charge in [0.2, 0.25) is 0 Å². The molecule has 6 nitrogen and oxygen atoms in total. The third-order valence-electron chi connectivity index (χ3n) is 15.8. The second-order valence-electron chi connectivity index (χ2n) is 24.1. The van der Waals surface area contributed by atoms with Gasteiger partial charge in [0.1, 0.15) is 13.2 Å². The summed E-state index contributed by atoms with van der Waals surface area (Å²) in [5.74, 6) is -0.887. The van der Waals surface area contributed by atoms with Crippen LogP contribution < -0.4 is 0 Å². The van der Waals surface area contributed by atoms with E-state index >= 15 is 0 Å². The van der Waals surface area contributed by atoms with Gasteiger partial charge in [0.25, 0.3) is 0 Å². The number of allylic oxidation sites excluding steroid dienone is 14. The molecule has 0 rings (SSSR count). The standard InChI is InChI=1S/C77H136O6/c1-4-7-10-13-16-19-22-25-27-29-31-33-34-35-36-37-38-39-40-41-42-44-45-47-49-52-55-58-61-64-67-70-76(79)82-73-74(72-81-75(78)69-66-63-60-57-54-51-24-21-18-15-12-9-6-3)83-77(80)71-68-65-62-59-56-53-50-48-46-43-32-30-28-26-23-20-17-14-11-8-5-2/h21-26,29-32,34-35,46,48,74H,4-20,27-28,33,36-45,47,49-73H2,1-3H3/b24-21-,25-22-,26-23-,31-29-,32-30-,35-34-,48-46-. The van der Waals surface area contributed by atoms with E-state index < -0.39 is 6.10 Å². The van der Waals surface area contributed by atoms with Crippen LogP contribution in [0.2, 0.25) is 0 Å². The van der Waals surface area contributed by atoms with E-state index in [4.69, 9.17) is 14.2 Å². The highest BCUT2D eigenvalue weighted by atomic mass is 16.6. The molecule has 0 aliphatic heterocycles. The highest BCUT2D eigenvalue weighted by Crippen LogP contribution is 2.17. The van der Waals surface area contributed by atoms with Gasteiger partial charge in [-0.25, -0.2) is 0 Å². The first-order valence-corrected chi connectivity index (χ1v) is 36.1. The van der Waals surface area contributed by atoms with E-state index in [2.05, 4.69) is 106 Å². The Morgan fingerprint density at radius 3 is 0.699 bits per heavy atom. The fraction of sp³-hybridized carbons (Fsp3) is 0.779. The molecule has 1 unspecified atom stereocenters. The predicted molar refractivity (Wildman–Crippen MR) is 362 cm³/mol. The van der Waals surface area contributed by atoms with Crippen molar-refractivity contribution in [2.75, 3.05) is 13.2 Å². The molecule has 0 aromatic rings. The molecule has 0 aliphatic carbocycles. The molecule has 0 aromatic heterocycles. The number of hydrogen-bond donors (Lipinski definition) is 0. The zero-order chi connectivity index (χ0) is 59.9. The second kappa shape index (κ2) is 71.1. The molecular weight excluding hydrogens is 1020 g/mol. The van der Waals surface area contributed by atoms with Crippen molar-refractivity contribution in [1.82, 2.24) is 0 Å². The molecule has 0 bridgehead atoms. The monoisotopic (exact) mass is 1160 g/mol. The van der Waals surface area contributed by atoms with Crippen LogP contribution in [0.3, 0.4) is 0 Å². The number of hydrogen-bond acceptors (Lipinski definition) is 6. The molecule has 0 spiro atoms. The molecule has 0 aliphatic rings. The largest absolute Gasteiger partial charge is 0.462 e. The second-order valence-corrected chi connectivity index (χ2v) is 24.1. The smallest absolute Gasteiger partial charge is 0.306 e. The number of carbonyl (C=O) groups is 3. The molecule has 0 fully saturated rings. The van der Waals surface area contributed by atoms with Gasteiger partial charge in [-0.1, -0.05) is 311 Å². The Balaban J connectivity index is 4.24. The van der Waals surface area contributed by atoms with Crippen molar-refractivity contribution >= 4 is 17.9 Å². The Hall–Kier alpha value is -3.41. The van der Waals surface area contributed by atoms with Crippen LogP contribution in [0.25, 0.3) is 0 Å². The van der Waals surface area contributed by atoms with E-state index in [1.165, 1.54) is 225 Å². The van der Waals surface area contributed by atoms with E-state index in [1.54, 1.807) is 0 Å². The van der Waals surface area contributed by atoms with E-state index in [-0.39, 0.29) is 31.1 Å². The lowest BCUT2D eigenvalue weighted by Crippen LogP contribution is -2.30. The Kier molecular flexibility index (Phi) is 68.2. The molecular formula is C77H136O6. The van der Waals surface area contributed by atoms with Crippen molar-refractivity contribution in [3.05, 3.63) is 85.1 Å². The quantitative estimate of drug-likeness (QED) is 0.0261. The van der Waals surface area contributed by atoms with Gasteiger partial charge in [-0.05, 0) is 122 Å². The summed E-state index contributed by atoms with van der Waals surface area (Å²) in [6, 6.07) is 0. The van der Waals surface area contributed by atoms with Crippen LogP contribution in [0.1, 0.15) is 367 Å².